The summed E-state index contributed by atoms with van der Waals surface area (Å²) in [4.78, 5) is 0. The normalized spacial score (nSPS) is 12.5. The number of furan rings is 1. The van der Waals surface area contributed by atoms with Gasteiger partial charge in [-0.1, -0.05) is 0 Å². The van der Waals surface area contributed by atoms with Crippen molar-refractivity contribution in [3.63, 3.8) is 0 Å². The van der Waals surface area contributed by atoms with Gasteiger partial charge in [0.25, 0.3) is 6.01 Å². The Kier molecular flexibility index (Phi) is 2.24. The Morgan fingerprint density at radius 3 is 3.00 bits per heavy atom. The minimum Gasteiger partial charge on any atom is -0.439 e. The van der Waals surface area contributed by atoms with Crippen molar-refractivity contribution in [1.29, 1.82) is 5.26 Å². The molecule has 1 aromatic rings. The molecule has 3 nitrogen and oxygen atoms in total. The molecule has 1 rings (SSSR count). The third kappa shape index (κ3) is 1.57. The van der Waals surface area contributed by atoms with E-state index in [0.29, 0.717) is 0 Å². The van der Waals surface area contributed by atoms with E-state index in [9.17, 15) is 4.39 Å². The fraction of sp³-hybridized carbons (Fsp3) is 0.286. The molecule has 0 unspecified atom stereocenters. The van der Waals surface area contributed by atoms with E-state index in [2.05, 4.69) is 4.42 Å². The van der Waals surface area contributed by atoms with Gasteiger partial charge in [-0.2, -0.15) is 9.65 Å². The van der Waals surface area contributed by atoms with Gasteiger partial charge in [0.05, 0.1) is 18.8 Å². The molecule has 1 atom stereocenters. The van der Waals surface area contributed by atoms with Gasteiger partial charge >= 0.3 is 0 Å². The zero-order valence-electron chi connectivity index (χ0n) is 5.75. The Hall–Kier alpha value is -1.34. The number of halogens is 1. The van der Waals surface area contributed by atoms with Crippen LogP contribution in [-0.4, -0.2) is 0 Å². The van der Waals surface area contributed by atoms with Gasteiger partial charge in [0, 0.05) is 11.6 Å². The van der Waals surface area contributed by atoms with Crippen LogP contribution >= 0.6 is 0 Å². The predicted molar refractivity (Wildman–Crippen MR) is 35.8 cm³/mol. The Bertz CT molecular complexity index is 276. The molecule has 58 valence electrons. The summed E-state index contributed by atoms with van der Waals surface area (Å²) in [6.07, 6.45) is 1.30. The van der Waals surface area contributed by atoms with E-state index in [1.165, 1.54) is 12.3 Å². The standard InChI is InChI=1S/C7H7FN2O/c8-7-5(2-4-11-7)6(10)1-3-9/h2,4,6H,1,10H2/t6-/m0/s1. The van der Waals surface area contributed by atoms with Gasteiger partial charge in [-0.15, -0.1) is 0 Å². The topological polar surface area (TPSA) is 63.0 Å². The third-order valence-electron chi connectivity index (χ3n) is 1.36. The molecule has 0 saturated heterocycles. The van der Waals surface area contributed by atoms with Crippen LogP contribution in [0.25, 0.3) is 0 Å². The highest BCUT2D eigenvalue weighted by Gasteiger charge is 2.12. The minimum absolute atomic E-state index is 0.0937. The molecule has 4 heteroatoms. The molecule has 0 fully saturated rings. The molecule has 0 aromatic carbocycles. The Balaban J connectivity index is 2.77. The van der Waals surface area contributed by atoms with Crippen molar-refractivity contribution < 1.29 is 8.81 Å². The monoisotopic (exact) mass is 154 g/mol. The smallest absolute Gasteiger partial charge is 0.282 e. The van der Waals surface area contributed by atoms with Crippen molar-refractivity contribution in [1.82, 2.24) is 0 Å². The van der Waals surface area contributed by atoms with Gasteiger partial charge in [-0.25, -0.2) is 0 Å². The lowest BCUT2D eigenvalue weighted by Gasteiger charge is -2.01. The van der Waals surface area contributed by atoms with E-state index >= 15 is 0 Å². The molecular weight excluding hydrogens is 147 g/mol. The fourth-order valence-corrected chi connectivity index (χ4v) is 0.778. The molecule has 1 heterocycles. The second-order valence-electron chi connectivity index (χ2n) is 2.12. The molecule has 2 N–H and O–H groups in total. The van der Waals surface area contributed by atoms with Gasteiger partial charge < -0.3 is 10.2 Å². The van der Waals surface area contributed by atoms with Crippen LogP contribution in [0.2, 0.25) is 0 Å². The molecule has 0 amide bonds. The van der Waals surface area contributed by atoms with Crippen LogP contribution in [0.5, 0.6) is 0 Å². The van der Waals surface area contributed by atoms with Crippen LogP contribution in [0.15, 0.2) is 16.7 Å². The highest BCUT2D eigenvalue weighted by atomic mass is 19.1. The van der Waals surface area contributed by atoms with Crippen molar-refractivity contribution >= 4 is 0 Å². The molecule has 0 spiro atoms. The largest absolute Gasteiger partial charge is 0.439 e. The van der Waals surface area contributed by atoms with Crippen molar-refractivity contribution in [3.05, 3.63) is 23.9 Å². The zero-order valence-corrected chi connectivity index (χ0v) is 5.75. The van der Waals surface area contributed by atoms with Gasteiger partial charge in [0.2, 0.25) is 0 Å². The van der Waals surface area contributed by atoms with Gasteiger partial charge in [-0.05, 0) is 6.07 Å². The summed E-state index contributed by atoms with van der Waals surface area (Å²) >= 11 is 0. The summed E-state index contributed by atoms with van der Waals surface area (Å²) in [5.41, 5.74) is 5.68. The molecule has 0 aliphatic heterocycles. The van der Waals surface area contributed by atoms with Crippen molar-refractivity contribution in [2.75, 3.05) is 0 Å². The van der Waals surface area contributed by atoms with E-state index in [1.807, 2.05) is 6.07 Å². The first-order valence-corrected chi connectivity index (χ1v) is 3.11. The first-order chi connectivity index (χ1) is 5.25. The highest BCUT2D eigenvalue weighted by molar-refractivity contribution is 5.14. The predicted octanol–water partition coefficient (Wildman–Crippen LogP) is 1.33. The molecule has 0 radical (unpaired) electrons. The SMILES string of the molecule is N#CC[C@H](N)c1ccoc1F. The maximum absolute atomic E-state index is 12.6. The van der Waals surface area contributed by atoms with Gasteiger partial charge in [-0.3, -0.25) is 0 Å². The lowest BCUT2D eigenvalue weighted by Crippen LogP contribution is -2.09. The van der Waals surface area contributed by atoms with Crippen LogP contribution in [0, 0.1) is 17.3 Å². The molecule has 11 heavy (non-hydrogen) atoms. The number of nitrogens with two attached hydrogens (primary N) is 1. The molecule has 0 saturated carbocycles. The van der Waals surface area contributed by atoms with E-state index in [0.717, 1.165) is 0 Å². The van der Waals surface area contributed by atoms with Gasteiger partial charge in [0.1, 0.15) is 0 Å². The van der Waals surface area contributed by atoms with Crippen LogP contribution in [0.4, 0.5) is 4.39 Å². The molecule has 0 bridgehead atoms. The fourth-order valence-electron chi connectivity index (χ4n) is 0.778. The summed E-state index contributed by atoms with van der Waals surface area (Å²) in [5.74, 6) is 0. The van der Waals surface area contributed by atoms with Crippen LogP contribution < -0.4 is 5.73 Å². The zero-order chi connectivity index (χ0) is 8.27. The maximum Gasteiger partial charge on any atom is 0.282 e. The number of nitriles is 1. The second-order valence-corrected chi connectivity index (χ2v) is 2.12. The number of hydrogen-bond acceptors (Lipinski definition) is 3. The Morgan fingerprint density at radius 1 is 1.82 bits per heavy atom. The average molecular weight is 154 g/mol. The number of rotatable bonds is 2. The molecule has 1 aromatic heterocycles. The summed E-state index contributed by atoms with van der Waals surface area (Å²) in [5, 5.41) is 8.24. The summed E-state index contributed by atoms with van der Waals surface area (Å²) in [6, 6.07) is 1.99. The summed E-state index contributed by atoms with van der Waals surface area (Å²) in [6.45, 7) is 0. The lowest BCUT2D eigenvalue weighted by molar-refractivity contribution is 0.348. The molecule has 0 aliphatic rings. The first-order valence-electron chi connectivity index (χ1n) is 3.11. The summed E-state index contributed by atoms with van der Waals surface area (Å²) < 4.78 is 16.9. The number of nitrogens with zero attached hydrogens (tertiary/aromatic N) is 1. The van der Waals surface area contributed by atoms with Gasteiger partial charge in [0.15, 0.2) is 0 Å². The number of hydrogen-bond donors (Lipinski definition) is 1. The lowest BCUT2D eigenvalue weighted by atomic mass is 10.1. The van der Waals surface area contributed by atoms with Crippen LogP contribution in [0.1, 0.15) is 18.0 Å². The highest BCUT2D eigenvalue weighted by Crippen LogP contribution is 2.17. The third-order valence-corrected chi connectivity index (χ3v) is 1.36. The minimum atomic E-state index is -0.701. The Labute approximate surface area is 63.2 Å². The van der Waals surface area contributed by atoms with Crippen molar-refractivity contribution in [3.8, 4) is 6.07 Å². The quantitative estimate of drug-likeness (QED) is 0.698. The van der Waals surface area contributed by atoms with Crippen molar-refractivity contribution in [2.24, 2.45) is 5.73 Å². The summed E-state index contributed by atoms with van der Waals surface area (Å²) in [7, 11) is 0. The average Bonchev–Trinajstić information content (AvgIpc) is 2.36. The van der Waals surface area contributed by atoms with Crippen LogP contribution in [-0.2, 0) is 0 Å². The van der Waals surface area contributed by atoms with E-state index in [4.69, 9.17) is 11.0 Å². The first kappa shape index (κ1) is 7.76. The Morgan fingerprint density at radius 2 is 2.55 bits per heavy atom. The second kappa shape index (κ2) is 3.17. The van der Waals surface area contributed by atoms with Crippen molar-refractivity contribution in [2.45, 2.75) is 12.5 Å². The molecular formula is C7H7FN2O. The van der Waals surface area contributed by atoms with Crippen LogP contribution in [0.3, 0.4) is 0 Å². The molecule has 0 aliphatic carbocycles. The van der Waals surface area contributed by atoms with E-state index in [-0.39, 0.29) is 12.0 Å². The van der Waals surface area contributed by atoms with E-state index in [1.54, 1.807) is 0 Å². The maximum atomic E-state index is 12.6. The van der Waals surface area contributed by atoms with E-state index < -0.39 is 12.1 Å².